The number of ether oxygens (including phenoxy) is 1. The molecule has 2 N–H and O–H groups in total. The van der Waals surface area contributed by atoms with E-state index in [1.54, 1.807) is 17.7 Å². The average molecular weight is 495 g/mol. The van der Waals surface area contributed by atoms with Crippen molar-refractivity contribution in [1.82, 2.24) is 29.5 Å². The summed E-state index contributed by atoms with van der Waals surface area (Å²) in [5, 5.41) is 15.7. The van der Waals surface area contributed by atoms with E-state index in [0.717, 1.165) is 16.8 Å². The van der Waals surface area contributed by atoms with E-state index in [9.17, 15) is 10.1 Å². The number of likely N-dealkylation sites (tertiary alicyclic amines) is 1. The van der Waals surface area contributed by atoms with Crippen LogP contribution in [0.1, 0.15) is 49.2 Å². The minimum Gasteiger partial charge on any atom is -0.489 e. The van der Waals surface area contributed by atoms with Gasteiger partial charge in [0.1, 0.15) is 30.1 Å². The minimum atomic E-state index is -0.296. The Balaban J connectivity index is 1.59. The lowest BCUT2D eigenvalue weighted by molar-refractivity contribution is -0.136. The van der Waals surface area contributed by atoms with Gasteiger partial charge in [0.25, 0.3) is 0 Å². The van der Waals surface area contributed by atoms with E-state index in [-0.39, 0.29) is 24.1 Å². The number of benzene rings is 1. The van der Waals surface area contributed by atoms with Crippen molar-refractivity contribution >= 4 is 34.4 Å². The largest absolute Gasteiger partial charge is 0.489 e. The third-order valence-electron chi connectivity index (χ3n) is 6.98. The normalized spacial score (nSPS) is 19.4. The Morgan fingerprint density at radius 1 is 1.34 bits per heavy atom. The highest BCUT2D eigenvalue weighted by atomic mass is 35.5. The molecule has 11 heteroatoms. The van der Waals surface area contributed by atoms with E-state index in [0.29, 0.717) is 59.4 Å². The van der Waals surface area contributed by atoms with Crippen LogP contribution in [0.2, 0.25) is 5.02 Å². The summed E-state index contributed by atoms with van der Waals surface area (Å²) in [6.07, 6.45) is 1.29. The summed E-state index contributed by atoms with van der Waals surface area (Å²) in [5.41, 5.74) is 9.44. The highest BCUT2D eigenvalue weighted by Gasteiger charge is 2.37. The van der Waals surface area contributed by atoms with E-state index in [4.69, 9.17) is 27.2 Å². The van der Waals surface area contributed by atoms with Crippen LogP contribution in [0.25, 0.3) is 11.0 Å². The first kappa shape index (κ1) is 23.3. The molecule has 0 spiro atoms. The molecule has 2 atom stereocenters. The maximum absolute atomic E-state index is 11.7. The topological polar surface area (TPSA) is 126 Å². The van der Waals surface area contributed by atoms with Crippen LogP contribution in [-0.2, 0) is 11.3 Å². The predicted molar refractivity (Wildman–Crippen MR) is 131 cm³/mol. The Morgan fingerprint density at radius 3 is 2.77 bits per heavy atom. The van der Waals surface area contributed by atoms with Gasteiger partial charge in [0.15, 0.2) is 5.65 Å². The lowest BCUT2D eigenvalue weighted by atomic mass is 9.97. The lowest BCUT2D eigenvalue weighted by Crippen LogP contribution is -2.61. The number of nitrogens with zero attached hydrogens (tertiary/aromatic N) is 7. The number of aromatic nitrogens is 4. The number of carbonyl (C=O) groups is 1. The smallest absolute Gasteiger partial charge is 0.219 e. The number of carbonyl (C=O) groups excluding carboxylic acids is 1. The highest BCUT2D eigenvalue weighted by Crippen LogP contribution is 2.41. The zero-order valence-corrected chi connectivity index (χ0v) is 20.9. The molecule has 3 aromatic rings. The molecule has 1 saturated heterocycles. The first-order valence-corrected chi connectivity index (χ1v) is 11.9. The molecule has 10 nitrogen and oxygen atoms in total. The fraction of sp³-hybridized carbons (Fsp3) is 0.458. The summed E-state index contributed by atoms with van der Waals surface area (Å²) in [5.74, 6) is 1.10. The molecule has 35 heavy (non-hydrogen) atoms. The molecule has 2 aliphatic heterocycles. The number of nitriles is 1. The third kappa shape index (κ3) is 3.85. The Labute approximate surface area is 208 Å². The lowest BCUT2D eigenvalue weighted by Gasteiger charge is -2.45. The Bertz CT molecular complexity index is 1370. The first-order chi connectivity index (χ1) is 16.7. The van der Waals surface area contributed by atoms with Crippen molar-refractivity contribution in [3.05, 3.63) is 39.8 Å². The molecule has 1 amide bonds. The Hall–Kier alpha value is -3.42. The fourth-order valence-electron chi connectivity index (χ4n) is 5.06. The van der Waals surface area contributed by atoms with E-state index in [2.05, 4.69) is 20.9 Å². The molecule has 2 aromatic heterocycles. The zero-order chi connectivity index (χ0) is 25.0. The standard InChI is InChI=1S/C24H27ClN8O2/c1-12-7-32(16-8-31(9-16)15(4)34)10-19-18(6-26)20(25)5-17(22(19)35-12)14(3)33-24-21(13(2)30-33)23(27)28-11-29-24/h5,11-12,14,16H,7-10H2,1-4H3,(H2,27,28,29)/t12-,14?/m0/s1. The van der Waals surface area contributed by atoms with Crippen LogP contribution >= 0.6 is 11.6 Å². The monoisotopic (exact) mass is 494 g/mol. The molecular weight excluding hydrogens is 468 g/mol. The van der Waals surface area contributed by atoms with Gasteiger partial charge in [-0.3, -0.25) is 9.69 Å². The number of fused-ring (bicyclic) bond motifs is 2. The molecule has 1 aromatic carbocycles. The summed E-state index contributed by atoms with van der Waals surface area (Å²) >= 11 is 6.65. The Morgan fingerprint density at radius 2 is 2.09 bits per heavy atom. The number of aryl methyl sites for hydroxylation is 1. The molecular formula is C24H27ClN8O2. The van der Waals surface area contributed by atoms with Gasteiger partial charge in [-0.05, 0) is 26.8 Å². The van der Waals surface area contributed by atoms with Crippen molar-refractivity contribution in [2.24, 2.45) is 0 Å². The number of amides is 1. The molecule has 182 valence electrons. The van der Waals surface area contributed by atoms with Crippen molar-refractivity contribution in [2.75, 3.05) is 25.4 Å². The van der Waals surface area contributed by atoms with Crippen LogP contribution in [0, 0.1) is 18.3 Å². The van der Waals surface area contributed by atoms with Gasteiger partial charge >= 0.3 is 0 Å². The number of anilines is 1. The molecule has 4 heterocycles. The predicted octanol–water partition coefficient (Wildman–Crippen LogP) is 2.66. The fourth-order valence-corrected chi connectivity index (χ4v) is 5.33. The van der Waals surface area contributed by atoms with Crippen molar-refractivity contribution in [2.45, 2.75) is 52.4 Å². The van der Waals surface area contributed by atoms with Crippen LogP contribution in [-0.4, -0.2) is 67.2 Å². The minimum absolute atomic E-state index is 0.0730. The van der Waals surface area contributed by atoms with Crippen LogP contribution < -0.4 is 10.5 Å². The van der Waals surface area contributed by atoms with Gasteiger partial charge in [0.2, 0.25) is 5.91 Å². The Kier molecular flexibility index (Phi) is 5.77. The van der Waals surface area contributed by atoms with Gasteiger partial charge in [-0.25, -0.2) is 14.6 Å². The molecule has 0 aliphatic carbocycles. The van der Waals surface area contributed by atoms with Crippen LogP contribution in [0.4, 0.5) is 5.82 Å². The number of rotatable bonds is 3. The number of hydrogen-bond donors (Lipinski definition) is 1. The highest BCUT2D eigenvalue weighted by molar-refractivity contribution is 6.32. The van der Waals surface area contributed by atoms with Crippen molar-refractivity contribution in [3.63, 3.8) is 0 Å². The summed E-state index contributed by atoms with van der Waals surface area (Å²) in [6, 6.07) is 3.98. The second-order valence-electron chi connectivity index (χ2n) is 9.34. The molecule has 0 bridgehead atoms. The van der Waals surface area contributed by atoms with Crippen LogP contribution in [0.3, 0.4) is 0 Å². The van der Waals surface area contributed by atoms with E-state index < -0.39 is 0 Å². The maximum Gasteiger partial charge on any atom is 0.219 e. The molecule has 1 fully saturated rings. The summed E-state index contributed by atoms with van der Waals surface area (Å²) < 4.78 is 8.26. The van der Waals surface area contributed by atoms with Gasteiger partial charge in [0, 0.05) is 50.3 Å². The van der Waals surface area contributed by atoms with E-state index in [1.807, 2.05) is 25.7 Å². The van der Waals surface area contributed by atoms with E-state index >= 15 is 0 Å². The van der Waals surface area contributed by atoms with Crippen molar-refractivity contribution in [1.29, 1.82) is 5.26 Å². The number of hydrogen-bond acceptors (Lipinski definition) is 8. The van der Waals surface area contributed by atoms with Crippen molar-refractivity contribution in [3.8, 4) is 11.8 Å². The third-order valence-corrected chi connectivity index (χ3v) is 7.27. The second kappa shape index (κ2) is 8.66. The molecule has 2 aliphatic rings. The van der Waals surface area contributed by atoms with Crippen LogP contribution in [0.15, 0.2) is 12.4 Å². The maximum atomic E-state index is 11.7. The number of nitrogens with two attached hydrogens (primary N) is 1. The molecule has 5 rings (SSSR count). The summed E-state index contributed by atoms with van der Waals surface area (Å²) in [6.45, 7) is 9.99. The second-order valence-corrected chi connectivity index (χ2v) is 9.75. The molecule has 0 saturated carbocycles. The van der Waals surface area contributed by atoms with Gasteiger partial charge in [-0.2, -0.15) is 10.4 Å². The average Bonchev–Trinajstić information content (AvgIpc) is 3.01. The first-order valence-electron chi connectivity index (χ1n) is 11.6. The van der Waals surface area contributed by atoms with E-state index in [1.165, 1.54) is 6.33 Å². The van der Waals surface area contributed by atoms with Crippen molar-refractivity contribution < 1.29 is 9.53 Å². The SMILES string of the molecule is CC(=O)N1CC(N2Cc3c(C#N)c(Cl)cc(C(C)n4nc(C)c5c(N)ncnc54)c3O[C@@H](C)C2)C1. The van der Waals surface area contributed by atoms with Gasteiger partial charge in [-0.1, -0.05) is 11.6 Å². The quantitative estimate of drug-likeness (QED) is 0.588. The van der Waals surface area contributed by atoms with Gasteiger partial charge < -0.3 is 15.4 Å². The molecule has 1 unspecified atom stereocenters. The van der Waals surface area contributed by atoms with Gasteiger partial charge in [0.05, 0.1) is 27.7 Å². The summed E-state index contributed by atoms with van der Waals surface area (Å²) in [4.78, 5) is 24.3. The summed E-state index contributed by atoms with van der Waals surface area (Å²) in [7, 11) is 0. The van der Waals surface area contributed by atoms with Gasteiger partial charge in [-0.15, -0.1) is 0 Å². The molecule has 0 radical (unpaired) electrons. The van der Waals surface area contributed by atoms with Crippen LogP contribution in [0.5, 0.6) is 5.75 Å². The number of halogens is 1. The zero-order valence-electron chi connectivity index (χ0n) is 20.1. The number of nitrogen functional groups attached to an aromatic ring is 1.